The first kappa shape index (κ1) is 19.6. The molecule has 0 spiro atoms. The Kier molecular flexibility index (Phi) is 4.77. The summed E-state index contributed by atoms with van der Waals surface area (Å²) in [5.74, 6) is -1.34. The summed E-state index contributed by atoms with van der Waals surface area (Å²) < 4.78 is 5.11. The van der Waals surface area contributed by atoms with Gasteiger partial charge in [-0.1, -0.05) is 0 Å². The number of ether oxygens (including phenoxy) is 1. The summed E-state index contributed by atoms with van der Waals surface area (Å²) in [6.07, 6.45) is -0.181. The molecule has 12 heteroatoms. The lowest BCUT2D eigenvalue weighted by Gasteiger charge is -2.45. The fourth-order valence-electron chi connectivity index (χ4n) is 3.17. The lowest BCUT2D eigenvalue weighted by atomic mass is 10.00. The van der Waals surface area contributed by atoms with Gasteiger partial charge in [-0.3, -0.25) is 29.8 Å². The first-order valence-corrected chi connectivity index (χ1v) is 8.59. The summed E-state index contributed by atoms with van der Waals surface area (Å²) in [4.78, 5) is 47.9. The standard InChI is InChI=1S/C16H17N5O6S/c1-16(2)14(24)18-15(28)19-12(22)7-10(20(16)19)13(23)17-9-5-4-8(21(25)26)6-11(9)27-3/h4-6,10H,7H2,1-3H3,(H,17,23)(H,18,24,28)/t10-/m0/s1. The number of rotatable bonds is 4. The normalized spacial score (nSPS) is 21.2. The lowest BCUT2D eigenvalue weighted by Crippen LogP contribution is -2.71. The molecule has 0 aromatic heterocycles. The molecule has 0 saturated carbocycles. The van der Waals surface area contributed by atoms with Crippen molar-refractivity contribution in [2.24, 2.45) is 0 Å². The summed E-state index contributed by atoms with van der Waals surface area (Å²) in [6.45, 7) is 3.14. The molecule has 1 aromatic carbocycles. The van der Waals surface area contributed by atoms with E-state index in [1.807, 2.05) is 0 Å². The molecule has 1 atom stereocenters. The smallest absolute Gasteiger partial charge is 0.273 e. The van der Waals surface area contributed by atoms with E-state index in [2.05, 4.69) is 10.6 Å². The van der Waals surface area contributed by atoms with Crippen LogP contribution in [0.15, 0.2) is 18.2 Å². The van der Waals surface area contributed by atoms with E-state index in [9.17, 15) is 24.5 Å². The highest BCUT2D eigenvalue weighted by Gasteiger charge is 2.56. The third-order valence-electron chi connectivity index (χ3n) is 4.61. The number of carbonyl (C=O) groups excluding carboxylic acids is 3. The van der Waals surface area contributed by atoms with Crippen LogP contribution in [0.25, 0.3) is 0 Å². The average molecular weight is 407 g/mol. The van der Waals surface area contributed by atoms with Crippen molar-refractivity contribution < 1.29 is 24.0 Å². The molecule has 148 valence electrons. The number of nitro groups is 1. The van der Waals surface area contributed by atoms with Gasteiger partial charge in [-0.25, -0.2) is 5.01 Å². The molecule has 28 heavy (non-hydrogen) atoms. The molecule has 3 rings (SSSR count). The Morgan fingerprint density at radius 2 is 2.11 bits per heavy atom. The van der Waals surface area contributed by atoms with Gasteiger partial charge in [0.15, 0.2) is 5.11 Å². The number of anilines is 1. The predicted octanol–water partition coefficient (Wildman–Crippen LogP) is 0.553. The van der Waals surface area contributed by atoms with Crippen LogP contribution in [-0.4, -0.2) is 56.5 Å². The number of methoxy groups -OCH3 is 1. The SMILES string of the molecule is COc1cc([N+](=O)[O-])ccc1NC(=O)[C@@H]1CC(=O)N2C(=S)NC(=O)C(C)(C)N12. The van der Waals surface area contributed by atoms with Crippen molar-refractivity contribution in [1.82, 2.24) is 15.3 Å². The van der Waals surface area contributed by atoms with Crippen LogP contribution in [0.2, 0.25) is 0 Å². The molecule has 1 aromatic rings. The maximum atomic E-state index is 12.9. The average Bonchev–Trinajstić information content (AvgIpc) is 2.99. The summed E-state index contributed by atoms with van der Waals surface area (Å²) in [5, 5.41) is 18.4. The number of hydrazine groups is 1. The van der Waals surface area contributed by atoms with Gasteiger partial charge in [-0.05, 0) is 32.1 Å². The van der Waals surface area contributed by atoms with Gasteiger partial charge >= 0.3 is 0 Å². The maximum absolute atomic E-state index is 12.9. The van der Waals surface area contributed by atoms with Crippen LogP contribution >= 0.6 is 12.2 Å². The molecule has 11 nitrogen and oxygen atoms in total. The number of hydrogen-bond donors (Lipinski definition) is 2. The van der Waals surface area contributed by atoms with Crippen molar-refractivity contribution >= 4 is 46.4 Å². The van der Waals surface area contributed by atoms with Crippen LogP contribution in [0.5, 0.6) is 5.75 Å². The fraction of sp³-hybridized carbons (Fsp3) is 0.375. The minimum Gasteiger partial charge on any atom is -0.494 e. The number of carbonyl (C=O) groups is 3. The van der Waals surface area contributed by atoms with E-state index in [-0.39, 0.29) is 28.7 Å². The molecular formula is C16H17N5O6S. The fourth-order valence-corrected chi connectivity index (χ4v) is 3.45. The zero-order chi connectivity index (χ0) is 20.8. The molecule has 2 aliphatic rings. The van der Waals surface area contributed by atoms with Crippen molar-refractivity contribution in [3.8, 4) is 5.75 Å². The molecular weight excluding hydrogens is 390 g/mol. The second kappa shape index (κ2) is 6.80. The van der Waals surface area contributed by atoms with Crippen LogP contribution < -0.4 is 15.4 Å². The van der Waals surface area contributed by atoms with E-state index >= 15 is 0 Å². The van der Waals surface area contributed by atoms with Gasteiger partial charge in [0.1, 0.15) is 17.3 Å². The van der Waals surface area contributed by atoms with Gasteiger partial charge in [0, 0.05) is 6.07 Å². The number of thiocarbonyl (C=S) groups is 1. The number of fused-ring (bicyclic) bond motifs is 1. The highest BCUT2D eigenvalue weighted by molar-refractivity contribution is 7.80. The second-order valence-electron chi connectivity index (χ2n) is 6.72. The maximum Gasteiger partial charge on any atom is 0.273 e. The molecule has 0 bridgehead atoms. The number of nitrogens with zero attached hydrogens (tertiary/aromatic N) is 3. The summed E-state index contributed by atoms with van der Waals surface area (Å²) in [7, 11) is 1.31. The monoisotopic (exact) mass is 407 g/mol. The first-order valence-electron chi connectivity index (χ1n) is 8.19. The third-order valence-corrected chi connectivity index (χ3v) is 4.89. The van der Waals surface area contributed by atoms with E-state index in [0.717, 1.165) is 5.01 Å². The van der Waals surface area contributed by atoms with Gasteiger partial charge in [0.25, 0.3) is 5.69 Å². The Balaban J connectivity index is 1.91. The minimum atomic E-state index is -1.20. The highest BCUT2D eigenvalue weighted by Crippen LogP contribution is 2.34. The van der Waals surface area contributed by atoms with Crippen molar-refractivity contribution in [2.75, 3.05) is 12.4 Å². The minimum absolute atomic E-state index is 0.0856. The number of nitro benzene ring substituents is 1. The highest BCUT2D eigenvalue weighted by atomic mass is 32.1. The lowest BCUT2D eigenvalue weighted by molar-refractivity contribution is -0.384. The number of benzene rings is 1. The van der Waals surface area contributed by atoms with Gasteiger partial charge in [-0.15, -0.1) is 0 Å². The van der Waals surface area contributed by atoms with Gasteiger partial charge in [0.2, 0.25) is 17.7 Å². The first-order chi connectivity index (χ1) is 13.1. The predicted molar refractivity (Wildman–Crippen MR) is 100 cm³/mol. The topological polar surface area (TPSA) is 134 Å². The van der Waals surface area contributed by atoms with Crippen LogP contribution in [0.3, 0.4) is 0 Å². The number of nitrogens with one attached hydrogen (secondary N) is 2. The summed E-state index contributed by atoms with van der Waals surface area (Å²) in [5.41, 5.74) is -1.20. The Labute approximate surface area is 164 Å². The molecule has 2 heterocycles. The molecule has 0 aliphatic carbocycles. The van der Waals surface area contributed by atoms with E-state index in [4.69, 9.17) is 17.0 Å². The molecule has 3 amide bonds. The van der Waals surface area contributed by atoms with E-state index in [0.29, 0.717) is 0 Å². The van der Waals surface area contributed by atoms with E-state index in [1.165, 1.54) is 30.3 Å². The van der Waals surface area contributed by atoms with Crippen molar-refractivity contribution in [1.29, 1.82) is 0 Å². The van der Waals surface area contributed by atoms with Gasteiger partial charge in [-0.2, -0.15) is 5.01 Å². The summed E-state index contributed by atoms with van der Waals surface area (Å²) in [6, 6.07) is 2.74. The van der Waals surface area contributed by atoms with Gasteiger partial charge in [0.05, 0.1) is 30.2 Å². The van der Waals surface area contributed by atoms with Crippen molar-refractivity contribution in [2.45, 2.75) is 31.8 Å². The Morgan fingerprint density at radius 1 is 1.43 bits per heavy atom. The third kappa shape index (κ3) is 3.05. The number of non-ortho nitro benzene ring substituents is 1. The van der Waals surface area contributed by atoms with Crippen LogP contribution in [0.4, 0.5) is 11.4 Å². The Bertz CT molecular complexity index is 917. The van der Waals surface area contributed by atoms with Gasteiger partial charge < -0.3 is 10.1 Å². The molecule has 2 N–H and O–H groups in total. The second-order valence-corrected chi connectivity index (χ2v) is 7.11. The quantitative estimate of drug-likeness (QED) is 0.420. The zero-order valence-electron chi connectivity index (χ0n) is 15.2. The largest absolute Gasteiger partial charge is 0.494 e. The van der Waals surface area contributed by atoms with Crippen LogP contribution in [0.1, 0.15) is 20.3 Å². The Morgan fingerprint density at radius 3 is 2.71 bits per heavy atom. The number of amides is 3. The van der Waals surface area contributed by atoms with E-state index in [1.54, 1.807) is 13.8 Å². The zero-order valence-corrected chi connectivity index (χ0v) is 16.0. The summed E-state index contributed by atoms with van der Waals surface area (Å²) >= 11 is 5.06. The van der Waals surface area contributed by atoms with Crippen LogP contribution in [0, 0.1) is 10.1 Å². The van der Waals surface area contributed by atoms with Crippen molar-refractivity contribution in [3.05, 3.63) is 28.3 Å². The molecule has 2 fully saturated rings. The molecule has 0 radical (unpaired) electrons. The van der Waals surface area contributed by atoms with E-state index < -0.39 is 34.2 Å². The Hall–Kier alpha value is -3.12. The molecule has 2 saturated heterocycles. The van der Waals surface area contributed by atoms with Crippen LogP contribution in [-0.2, 0) is 14.4 Å². The molecule has 2 aliphatic heterocycles. The number of hydrogen-bond acceptors (Lipinski definition) is 8. The molecule has 0 unspecified atom stereocenters. The van der Waals surface area contributed by atoms with Crippen molar-refractivity contribution in [3.63, 3.8) is 0 Å².